The van der Waals surface area contributed by atoms with E-state index in [0.29, 0.717) is 31.1 Å². The molecule has 150 valence electrons. The number of nitrogens with zero attached hydrogens (tertiary/aromatic N) is 3. The molecule has 0 spiro atoms. The number of carbonyl (C=O) groups is 1. The van der Waals surface area contributed by atoms with Crippen molar-refractivity contribution >= 4 is 6.09 Å². The first-order valence-corrected chi connectivity index (χ1v) is 9.93. The number of aromatic nitrogens is 2. The van der Waals surface area contributed by atoms with Gasteiger partial charge in [-0.15, -0.1) is 0 Å². The van der Waals surface area contributed by atoms with Crippen LogP contribution in [0.2, 0.25) is 0 Å². The first-order chi connectivity index (χ1) is 13.3. The number of likely N-dealkylation sites (tertiary alicyclic amines) is 1. The van der Waals surface area contributed by atoms with E-state index in [1.807, 2.05) is 51.1 Å². The minimum absolute atomic E-state index is 0.0557. The van der Waals surface area contributed by atoms with Crippen LogP contribution >= 0.6 is 0 Å². The maximum absolute atomic E-state index is 12.7. The zero-order chi connectivity index (χ0) is 20.1. The van der Waals surface area contributed by atoms with Crippen LogP contribution in [0.5, 0.6) is 0 Å². The molecule has 0 saturated carbocycles. The molecule has 3 rings (SSSR count). The molecular formula is C22H29N3O3. The van der Waals surface area contributed by atoms with Crippen molar-refractivity contribution in [1.82, 2.24) is 14.7 Å². The highest BCUT2D eigenvalue weighted by Crippen LogP contribution is 2.22. The fourth-order valence-electron chi connectivity index (χ4n) is 3.48. The van der Waals surface area contributed by atoms with Crippen LogP contribution in [-0.2, 0) is 11.3 Å². The Balaban J connectivity index is 1.55. The van der Waals surface area contributed by atoms with E-state index >= 15 is 0 Å². The highest BCUT2D eigenvalue weighted by molar-refractivity contribution is 5.68. The summed E-state index contributed by atoms with van der Waals surface area (Å²) in [6.45, 7) is 7.64. The van der Waals surface area contributed by atoms with Gasteiger partial charge in [0.15, 0.2) is 0 Å². The quantitative estimate of drug-likeness (QED) is 0.802. The van der Waals surface area contributed by atoms with Gasteiger partial charge in [-0.1, -0.05) is 30.3 Å². The SMILES string of the molecule is CC(C)(C)OC(=O)N1CCC(CCn2nccc(-c3ccccc3)c2=O)CC1. The standard InChI is InChI=1S/C22H29N3O3/c1-22(2,3)28-21(27)24-14-10-17(11-15-24)12-16-25-20(26)19(9-13-23-25)18-7-5-4-6-8-18/h4-9,13,17H,10-12,14-16H2,1-3H3. The summed E-state index contributed by atoms with van der Waals surface area (Å²) >= 11 is 0. The average molecular weight is 383 g/mol. The van der Waals surface area contributed by atoms with Crippen molar-refractivity contribution in [3.8, 4) is 11.1 Å². The minimum atomic E-state index is -0.468. The predicted octanol–water partition coefficient (Wildman–Crippen LogP) is 3.95. The van der Waals surface area contributed by atoms with Gasteiger partial charge in [0.2, 0.25) is 0 Å². The molecule has 1 aromatic carbocycles. The molecule has 6 nitrogen and oxygen atoms in total. The van der Waals surface area contributed by atoms with Gasteiger partial charge in [0.1, 0.15) is 5.60 Å². The van der Waals surface area contributed by atoms with E-state index in [2.05, 4.69) is 5.10 Å². The number of carbonyl (C=O) groups excluding carboxylic acids is 1. The summed E-state index contributed by atoms with van der Waals surface area (Å²) < 4.78 is 7.00. The molecule has 0 N–H and O–H groups in total. The summed E-state index contributed by atoms with van der Waals surface area (Å²) in [5.41, 5.74) is 1.06. The van der Waals surface area contributed by atoms with Gasteiger partial charge in [0.05, 0.1) is 5.56 Å². The normalized spacial score (nSPS) is 15.5. The third kappa shape index (κ3) is 5.21. The Morgan fingerprint density at radius 1 is 1.14 bits per heavy atom. The molecule has 1 aliphatic heterocycles. The zero-order valence-corrected chi connectivity index (χ0v) is 16.9. The maximum atomic E-state index is 12.7. The molecule has 2 aromatic rings. The molecule has 1 fully saturated rings. The third-order valence-corrected chi connectivity index (χ3v) is 5.01. The molecule has 1 amide bonds. The van der Waals surface area contributed by atoms with E-state index < -0.39 is 5.60 Å². The number of piperidine rings is 1. The number of amides is 1. The van der Waals surface area contributed by atoms with Crippen molar-refractivity contribution in [3.05, 3.63) is 52.9 Å². The van der Waals surface area contributed by atoms with Crippen LogP contribution in [-0.4, -0.2) is 39.5 Å². The molecule has 0 aliphatic carbocycles. The smallest absolute Gasteiger partial charge is 0.410 e. The molecule has 1 aromatic heterocycles. The summed E-state index contributed by atoms with van der Waals surface area (Å²) in [6.07, 6.45) is 4.18. The van der Waals surface area contributed by atoms with Crippen molar-refractivity contribution < 1.29 is 9.53 Å². The fourth-order valence-corrected chi connectivity index (χ4v) is 3.48. The second-order valence-electron chi connectivity index (χ2n) is 8.34. The lowest BCUT2D eigenvalue weighted by molar-refractivity contribution is 0.0179. The van der Waals surface area contributed by atoms with Crippen LogP contribution in [0.3, 0.4) is 0 Å². The van der Waals surface area contributed by atoms with Crippen LogP contribution in [0.4, 0.5) is 4.79 Å². The predicted molar refractivity (Wildman–Crippen MR) is 109 cm³/mol. The van der Waals surface area contributed by atoms with Crippen molar-refractivity contribution in [3.63, 3.8) is 0 Å². The molecule has 28 heavy (non-hydrogen) atoms. The summed E-state index contributed by atoms with van der Waals surface area (Å²) in [4.78, 5) is 26.7. The Kier molecular flexibility index (Phi) is 6.17. The molecule has 0 bridgehead atoms. The molecular weight excluding hydrogens is 354 g/mol. The molecule has 2 heterocycles. The van der Waals surface area contributed by atoms with Crippen LogP contribution in [0.15, 0.2) is 47.4 Å². The topological polar surface area (TPSA) is 64.4 Å². The monoisotopic (exact) mass is 383 g/mol. The second-order valence-corrected chi connectivity index (χ2v) is 8.34. The van der Waals surface area contributed by atoms with E-state index in [0.717, 1.165) is 24.8 Å². The lowest BCUT2D eigenvalue weighted by Gasteiger charge is -2.33. The summed E-state index contributed by atoms with van der Waals surface area (Å²) in [5, 5.41) is 4.25. The molecule has 1 saturated heterocycles. The molecule has 0 atom stereocenters. The van der Waals surface area contributed by atoms with Gasteiger partial charge in [-0.05, 0) is 57.6 Å². The summed E-state index contributed by atoms with van der Waals surface area (Å²) in [6, 6.07) is 11.4. The molecule has 1 aliphatic rings. The molecule has 0 radical (unpaired) electrons. The maximum Gasteiger partial charge on any atom is 0.410 e. The number of benzene rings is 1. The van der Waals surface area contributed by atoms with Gasteiger partial charge in [0, 0.05) is 25.8 Å². The summed E-state index contributed by atoms with van der Waals surface area (Å²) in [5.74, 6) is 0.479. The van der Waals surface area contributed by atoms with Crippen LogP contribution in [0.25, 0.3) is 11.1 Å². The van der Waals surface area contributed by atoms with Gasteiger partial charge < -0.3 is 9.64 Å². The Hall–Kier alpha value is -2.63. The van der Waals surface area contributed by atoms with Crippen molar-refractivity contribution in [2.24, 2.45) is 5.92 Å². The highest BCUT2D eigenvalue weighted by atomic mass is 16.6. The first-order valence-electron chi connectivity index (χ1n) is 9.93. The van der Waals surface area contributed by atoms with Gasteiger partial charge in [0.25, 0.3) is 5.56 Å². The van der Waals surface area contributed by atoms with Crippen LogP contribution in [0.1, 0.15) is 40.0 Å². The van der Waals surface area contributed by atoms with E-state index in [4.69, 9.17) is 4.74 Å². The highest BCUT2D eigenvalue weighted by Gasteiger charge is 2.26. The number of aryl methyl sites for hydroxylation is 1. The van der Waals surface area contributed by atoms with Crippen molar-refractivity contribution in [2.45, 2.75) is 52.2 Å². The first kappa shape index (κ1) is 20.1. The Morgan fingerprint density at radius 2 is 1.82 bits per heavy atom. The average Bonchev–Trinajstić information content (AvgIpc) is 2.67. The van der Waals surface area contributed by atoms with E-state index in [1.54, 1.807) is 21.8 Å². The lowest BCUT2D eigenvalue weighted by Crippen LogP contribution is -2.42. The van der Waals surface area contributed by atoms with Gasteiger partial charge in [-0.2, -0.15) is 5.10 Å². The molecule has 6 heteroatoms. The van der Waals surface area contributed by atoms with Gasteiger partial charge >= 0.3 is 6.09 Å². The van der Waals surface area contributed by atoms with Crippen molar-refractivity contribution in [1.29, 1.82) is 0 Å². The number of hydrogen-bond acceptors (Lipinski definition) is 4. The zero-order valence-electron chi connectivity index (χ0n) is 16.9. The summed E-state index contributed by atoms with van der Waals surface area (Å²) in [7, 11) is 0. The lowest BCUT2D eigenvalue weighted by atomic mass is 9.94. The van der Waals surface area contributed by atoms with Crippen LogP contribution in [0, 0.1) is 5.92 Å². The van der Waals surface area contributed by atoms with Crippen molar-refractivity contribution in [2.75, 3.05) is 13.1 Å². The van der Waals surface area contributed by atoms with E-state index in [9.17, 15) is 9.59 Å². The van der Waals surface area contributed by atoms with E-state index in [1.165, 1.54) is 0 Å². The fraction of sp³-hybridized carbons (Fsp3) is 0.500. The van der Waals surface area contributed by atoms with E-state index in [-0.39, 0.29) is 11.7 Å². The number of rotatable bonds is 4. The largest absolute Gasteiger partial charge is 0.444 e. The Labute approximate surface area is 166 Å². The second kappa shape index (κ2) is 8.59. The van der Waals surface area contributed by atoms with Gasteiger partial charge in [-0.3, -0.25) is 4.79 Å². The number of hydrogen-bond donors (Lipinski definition) is 0. The van der Waals surface area contributed by atoms with Crippen LogP contribution < -0.4 is 5.56 Å². The van der Waals surface area contributed by atoms with Gasteiger partial charge in [-0.25, -0.2) is 9.48 Å². The third-order valence-electron chi connectivity index (χ3n) is 5.01. The minimum Gasteiger partial charge on any atom is -0.444 e. The Morgan fingerprint density at radius 3 is 2.46 bits per heavy atom. The number of ether oxygens (including phenoxy) is 1. The Bertz CT molecular complexity index is 847. The molecule has 0 unspecified atom stereocenters.